The summed E-state index contributed by atoms with van der Waals surface area (Å²) in [6.07, 6.45) is 0. The van der Waals surface area contributed by atoms with E-state index in [1.54, 1.807) is 8.70 Å². The number of hydrogen-bond acceptors (Lipinski definition) is 0. The van der Waals surface area contributed by atoms with Gasteiger partial charge in [-0.3, -0.25) is 0 Å². The Morgan fingerprint density at radius 1 is 0.562 bits per heavy atom. The maximum atomic E-state index is 2.29. The van der Waals surface area contributed by atoms with E-state index in [1.165, 1.54) is 11.1 Å². The Hall–Kier alpha value is -0.443. The zero-order valence-electron chi connectivity index (χ0n) is 9.51. The van der Waals surface area contributed by atoms with E-state index in [1.807, 2.05) is 0 Å². The van der Waals surface area contributed by atoms with Crippen LogP contribution >= 0.6 is 0 Å². The van der Waals surface area contributed by atoms with Crippen molar-refractivity contribution in [2.45, 2.75) is 13.8 Å². The Kier molecular flexibility index (Phi) is 4.33. The number of aryl methyl sites for hydroxylation is 2. The fourth-order valence-corrected chi connectivity index (χ4v) is 8.43. The topological polar surface area (TPSA) is 0 Å². The average molecular weight is 332 g/mol. The summed E-state index contributed by atoms with van der Waals surface area (Å²) in [5, 5.41) is 0. The van der Waals surface area contributed by atoms with Gasteiger partial charge in [0.2, 0.25) is 0 Å². The fraction of sp³-hybridized carbons (Fsp3) is 0.143. The van der Waals surface area contributed by atoms with Crippen LogP contribution in [-0.4, -0.2) is 26.3 Å². The van der Waals surface area contributed by atoms with Gasteiger partial charge in [0.25, 0.3) is 0 Å². The van der Waals surface area contributed by atoms with E-state index in [0.717, 1.165) is 0 Å². The summed E-state index contributed by atoms with van der Waals surface area (Å²) in [6.45, 7) is 4.29. The molecule has 0 aliphatic carbocycles. The van der Waals surface area contributed by atoms with Crippen molar-refractivity contribution in [1.29, 1.82) is 0 Å². The monoisotopic (exact) mass is 332 g/mol. The van der Waals surface area contributed by atoms with Crippen LogP contribution in [0.4, 0.5) is 0 Å². The van der Waals surface area contributed by atoms with Gasteiger partial charge in [0.1, 0.15) is 0 Å². The van der Waals surface area contributed by atoms with Gasteiger partial charge in [0.15, 0.2) is 0 Å². The van der Waals surface area contributed by atoms with Crippen molar-refractivity contribution < 1.29 is 0 Å². The molecule has 16 heavy (non-hydrogen) atoms. The van der Waals surface area contributed by atoms with Gasteiger partial charge in [-0.15, -0.1) is 0 Å². The maximum absolute atomic E-state index is 2.29. The van der Waals surface area contributed by atoms with Gasteiger partial charge in [-0.25, -0.2) is 0 Å². The molecule has 0 bridgehead atoms. The van der Waals surface area contributed by atoms with E-state index in [2.05, 4.69) is 62.4 Å². The van der Waals surface area contributed by atoms with Crippen molar-refractivity contribution >= 4 is 35.0 Å². The van der Waals surface area contributed by atoms with Gasteiger partial charge in [0, 0.05) is 0 Å². The van der Waals surface area contributed by atoms with Crippen LogP contribution in [0.15, 0.2) is 48.5 Å². The van der Waals surface area contributed by atoms with E-state index in [-0.39, 0.29) is 0 Å². The number of benzene rings is 2. The van der Waals surface area contributed by atoms with Crippen molar-refractivity contribution in [2.24, 2.45) is 0 Å². The summed E-state index contributed by atoms with van der Waals surface area (Å²) in [4.78, 5) is 0. The minimum atomic E-state index is 0.367. The molecule has 2 aromatic carbocycles. The van der Waals surface area contributed by atoms with Crippen LogP contribution in [0.1, 0.15) is 11.1 Å². The first-order valence-electron chi connectivity index (χ1n) is 5.29. The van der Waals surface area contributed by atoms with Gasteiger partial charge >= 0.3 is 108 Å². The molecule has 0 amide bonds. The SMILES string of the molecule is Cc1ccc([As]=[As]c2ccc(C)cc2)cc1. The molecule has 0 saturated heterocycles. The van der Waals surface area contributed by atoms with Crippen molar-refractivity contribution in [3.8, 4) is 0 Å². The van der Waals surface area contributed by atoms with Crippen LogP contribution in [0.2, 0.25) is 0 Å². The van der Waals surface area contributed by atoms with Crippen molar-refractivity contribution in [3.63, 3.8) is 0 Å². The Morgan fingerprint density at radius 2 is 0.875 bits per heavy atom. The van der Waals surface area contributed by atoms with E-state index in [4.69, 9.17) is 0 Å². The molecule has 0 aliphatic rings. The molecular formula is C14H14As2. The molecule has 0 radical (unpaired) electrons. The first-order chi connectivity index (χ1) is 7.74. The van der Waals surface area contributed by atoms with Crippen LogP contribution in [0.3, 0.4) is 0 Å². The molecule has 0 heterocycles. The molecule has 0 atom stereocenters. The first kappa shape index (κ1) is 12.0. The summed E-state index contributed by atoms with van der Waals surface area (Å²) in [5.41, 5.74) is 2.72. The van der Waals surface area contributed by atoms with Crippen LogP contribution in [0.25, 0.3) is 0 Å². The Morgan fingerprint density at radius 3 is 1.19 bits per heavy atom. The molecule has 0 aromatic heterocycles. The van der Waals surface area contributed by atoms with Crippen LogP contribution in [-0.2, 0) is 0 Å². The van der Waals surface area contributed by atoms with E-state index < -0.39 is 0 Å². The van der Waals surface area contributed by atoms with Crippen molar-refractivity contribution in [3.05, 3.63) is 59.7 Å². The molecule has 0 nitrogen and oxygen atoms in total. The second kappa shape index (κ2) is 5.76. The molecule has 80 valence electrons. The third kappa shape index (κ3) is 3.54. The second-order valence-electron chi connectivity index (χ2n) is 3.87. The predicted octanol–water partition coefficient (Wildman–Crippen LogP) is 1.58. The average Bonchev–Trinajstić information content (AvgIpc) is 2.30. The Balaban J connectivity index is 2.15. The van der Waals surface area contributed by atoms with Gasteiger partial charge in [-0.05, 0) is 0 Å². The summed E-state index contributed by atoms with van der Waals surface area (Å²) in [7, 11) is 0. The second-order valence-corrected chi connectivity index (χ2v) is 11.2. The van der Waals surface area contributed by atoms with Crippen LogP contribution in [0, 0.1) is 13.8 Å². The van der Waals surface area contributed by atoms with E-state index >= 15 is 0 Å². The predicted molar refractivity (Wildman–Crippen MR) is 73.1 cm³/mol. The minimum absolute atomic E-state index is 0.367. The van der Waals surface area contributed by atoms with Crippen molar-refractivity contribution in [1.82, 2.24) is 0 Å². The van der Waals surface area contributed by atoms with E-state index in [9.17, 15) is 0 Å². The molecule has 0 spiro atoms. The zero-order chi connectivity index (χ0) is 11.4. The van der Waals surface area contributed by atoms with Crippen LogP contribution in [0.5, 0.6) is 0 Å². The van der Waals surface area contributed by atoms with Crippen molar-refractivity contribution in [2.75, 3.05) is 0 Å². The van der Waals surface area contributed by atoms with Gasteiger partial charge in [0.05, 0.1) is 0 Å². The third-order valence-electron chi connectivity index (χ3n) is 2.35. The quantitative estimate of drug-likeness (QED) is 0.733. The third-order valence-corrected chi connectivity index (χ3v) is 10.9. The molecule has 0 unspecified atom stereocenters. The zero-order valence-corrected chi connectivity index (χ0v) is 13.3. The summed E-state index contributed by atoms with van der Waals surface area (Å²) in [5.74, 6) is 0. The molecule has 0 saturated carbocycles. The molecule has 2 heteroatoms. The first-order valence-corrected chi connectivity index (χ1v) is 12.4. The molecule has 2 aromatic rings. The molecule has 2 rings (SSSR count). The Labute approximate surface area is 108 Å². The normalized spacial score (nSPS) is 10.9. The number of hydrogen-bond donors (Lipinski definition) is 0. The molecule has 0 aliphatic heterocycles. The molecular weight excluding hydrogens is 318 g/mol. The van der Waals surface area contributed by atoms with Gasteiger partial charge in [-0.1, -0.05) is 0 Å². The number of rotatable bonds is 2. The van der Waals surface area contributed by atoms with Gasteiger partial charge in [-0.2, -0.15) is 0 Å². The van der Waals surface area contributed by atoms with E-state index in [0.29, 0.717) is 26.3 Å². The van der Waals surface area contributed by atoms with Crippen LogP contribution < -0.4 is 8.70 Å². The fourth-order valence-electron chi connectivity index (χ4n) is 1.34. The molecule has 0 N–H and O–H groups in total. The van der Waals surface area contributed by atoms with Gasteiger partial charge < -0.3 is 0 Å². The Bertz CT molecular complexity index is 434. The summed E-state index contributed by atoms with van der Waals surface area (Å²) < 4.78 is 3.12. The standard InChI is InChI=1S/C14H14As2/c1-11-3-7-13(8-4-11)15-16-14-9-5-12(2)6-10-14/h3-10H,1-2H3. The summed E-state index contributed by atoms with van der Waals surface area (Å²) in [6, 6.07) is 18.1. The molecule has 0 fully saturated rings. The summed E-state index contributed by atoms with van der Waals surface area (Å²) >= 11 is 0.735.